The number of aryl methyl sites for hydroxylation is 1. The summed E-state index contributed by atoms with van der Waals surface area (Å²) in [7, 11) is 0. The number of hydrogen-bond acceptors (Lipinski definition) is 2. The monoisotopic (exact) mass is 361 g/mol. The van der Waals surface area contributed by atoms with Gasteiger partial charge in [0.2, 0.25) is 0 Å². The minimum Gasteiger partial charge on any atom is -0.343 e. The summed E-state index contributed by atoms with van der Waals surface area (Å²) in [4.78, 5) is 2.61. The van der Waals surface area contributed by atoms with E-state index in [1.807, 2.05) is 0 Å². The van der Waals surface area contributed by atoms with Gasteiger partial charge in [-0.25, -0.2) is 0 Å². The third-order valence-corrected chi connectivity index (χ3v) is 6.07. The van der Waals surface area contributed by atoms with E-state index in [2.05, 4.69) is 83.4 Å². The fourth-order valence-corrected chi connectivity index (χ4v) is 4.48. The molecule has 0 unspecified atom stereocenters. The van der Waals surface area contributed by atoms with Gasteiger partial charge in [0.15, 0.2) is 0 Å². The van der Waals surface area contributed by atoms with E-state index in [-0.39, 0.29) is 0 Å². The molecule has 3 nitrogen and oxygen atoms in total. The van der Waals surface area contributed by atoms with Crippen molar-refractivity contribution in [3.63, 3.8) is 0 Å². The Morgan fingerprint density at radius 1 is 1.04 bits per heavy atom. The van der Waals surface area contributed by atoms with Gasteiger partial charge in [-0.05, 0) is 55.6 Å². The summed E-state index contributed by atoms with van der Waals surface area (Å²) in [6.45, 7) is 9.86. The van der Waals surface area contributed by atoms with Gasteiger partial charge in [-0.3, -0.25) is 4.90 Å². The first kappa shape index (κ1) is 18.3. The lowest BCUT2D eigenvalue weighted by Crippen LogP contribution is -2.37. The fourth-order valence-electron chi connectivity index (χ4n) is 4.48. The Morgan fingerprint density at radius 2 is 1.85 bits per heavy atom. The molecular formula is C24H31N3. The summed E-state index contributed by atoms with van der Waals surface area (Å²) in [5.41, 5.74) is 5.48. The SMILES string of the molecule is CCN1CCC[C@H]1CNCc1cn(Cc2ccccc2C)c2ccccc12. The van der Waals surface area contributed by atoms with Crippen molar-refractivity contribution in [1.82, 2.24) is 14.8 Å². The predicted octanol–water partition coefficient (Wildman–Crippen LogP) is 4.57. The van der Waals surface area contributed by atoms with Gasteiger partial charge in [0.1, 0.15) is 0 Å². The topological polar surface area (TPSA) is 20.2 Å². The van der Waals surface area contributed by atoms with E-state index < -0.39 is 0 Å². The molecule has 1 aromatic heterocycles. The number of rotatable bonds is 7. The molecule has 0 amide bonds. The number of benzene rings is 2. The molecule has 2 aromatic carbocycles. The van der Waals surface area contributed by atoms with E-state index in [0.717, 1.165) is 19.6 Å². The first-order chi connectivity index (χ1) is 13.3. The van der Waals surface area contributed by atoms with Crippen molar-refractivity contribution >= 4 is 10.9 Å². The number of likely N-dealkylation sites (tertiary alicyclic amines) is 1. The molecule has 1 N–H and O–H groups in total. The maximum Gasteiger partial charge on any atom is 0.0486 e. The molecule has 3 aromatic rings. The van der Waals surface area contributed by atoms with Crippen molar-refractivity contribution in [3.05, 3.63) is 71.4 Å². The van der Waals surface area contributed by atoms with Crippen LogP contribution in [0.2, 0.25) is 0 Å². The average Bonchev–Trinajstić information content (AvgIpc) is 3.29. The van der Waals surface area contributed by atoms with Crippen LogP contribution in [0.3, 0.4) is 0 Å². The molecular weight excluding hydrogens is 330 g/mol. The standard InChI is InChI=1S/C24H31N3/c1-3-26-14-8-11-22(26)16-25-15-21-18-27(24-13-7-6-12-23(21)24)17-20-10-5-4-9-19(20)2/h4-7,9-10,12-13,18,22,25H,3,8,11,14-17H2,1-2H3/t22-/m0/s1. The quantitative estimate of drug-likeness (QED) is 0.665. The number of hydrogen-bond donors (Lipinski definition) is 1. The molecule has 0 bridgehead atoms. The lowest BCUT2D eigenvalue weighted by Gasteiger charge is -2.22. The molecule has 0 aliphatic carbocycles. The van der Waals surface area contributed by atoms with Crippen LogP contribution in [0, 0.1) is 6.92 Å². The molecule has 3 heteroatoms. The molecule has 2 heterocycles. The first-order valence-electron chi connectivity index (χ1n) is 10.3. The van der Waals surface area contributed by atoms with E-state index in [1.54, 1.807) is 0 Å². The van der Waals surface area contributed by atoms with Gasteiger partial charge in [-0.2, -0.15) is 0 Å². The van der Waals surface area contributed by atoms with Crippen LogP contribution in [0.1, 0.15) is 36.5 Å². The van der Waals surface area contributed by atoms with Gasteiger partial charge in [0.05, 0.1) is 0 Å². The lowest BCUT2D eigenvalue weighted by molar-refractivity contribution is 0.260. The maximum absolute atomic E-state index is 3.73. The van der Waals surface area contributed by atoms with Crippen LogP contribution < -0.4 is 5.32 Å². The number of fused-ring (bicyclic) bond motifs is 1. The average molecular weight is 362 g/mol. The molecule has 1 fully saturated rings. The van der Waals surface area contributed by atoms with Crippen molar-refractivity contribution in [2.75, 3.05) is 19.6 Å². The van der Waals surface area contributed by atoms with E-state index in [0.29, 0.717) is 6.04 Å². The van der Waals surface area contributed by atoms with Gasteiger partial charge >= 0.3 is 0 Å². The van der Waals surface area contributed by atoms with Crippen LogP contribution in [0.4, 0.5) is 0 Å². The Hall–Kier alpha value is -2.10. The minimum atomic E-state index is 0.704. The van der Waals surface area contributed by atoms with Crippen molar-refractivity contribution < 1.29 is 0 Å². The van der Waals surface area contributed by atoms with Crippen LogP contribution >= 0.6 is 0 Å². The van der Waals surface area contributed by atoms with Gasteiger partial charge in [-0.15, -0.1) is 0 Å². The highest BCUT2D eigenvalue weighted by Crippen LogP contribution is 2.23. The smallest absolute Gasteiger partial charge is 0.0486 e. The van der Waals surface area contributed by atoms with E-state index in [9.17, 15) is 0 Å². The van der Waals surface area contributed by atoms with E-state index >= 15 is 0 Å². The van der Waals surface area contributed by atoms with Crippen LogP contribution in [0.25, 0.3) is 10.9 Å². The molecule has 1 aliphatic heterocycles. The van der Waals surface area contributed by atoms with Crippen molar-refractivity contribution in [2.24, 2.45) is 0 Å². The van der Waals surface area contributed by atoms with Crippen LogP contribution in [0.15, 0.2) is 54.7 Å². The molecule has 0 radical (unpaired) electrons. The Bertz CT molecular complexity index is 896. The fraction of sp³-hybridized carbons (Fsp3) is 0.417. The highest BCUT2D eigenvalue weighted by atomic mass is 15.2. The second kappa shape index (κ2) is 8.28. The summed E-state index contributed by atoms with van der Waals surface area (Å²) in [5.74, 6) is 0. The Balaban J connectivity index is 1.51. The van der Waals surface area contributed by atoms with Crippen molar-refractivity contribution in [3.8, 4) is 0 Å². The highest BCUT2D eigenvalue weighted by Gasteiger charge is 2.22. The molecule has 1 saturated heterocycles. The number of para-hydroxylation sites is 1. The summed E-state index contributed by atoms with van der Waals surface area (Å²) in [6, 6.07) is 18.2. The van der Waals surface area contributed by atoms with Crippen LogP contribution in [-0.2, 0) is 13.1 Å². The zero-order valence-corrected chi connectivity index (χ0v) is 16.6. The van der Waals surface area contributed by atoms with Crippen LogP contribution in [0.5, 0.6) is 0 Å². The Labute approximate surface area is 163 Å². The predicted molar refractivity (Wildman–Crippen MR) is 114 cm³/mol. The van der Waals surface area contributed by atoms with Gasteiger partial charge in [0, 0.05) is 42.8 Å². The number of nitrogens with one attached hydrogen (secondary N) is 1. The van der Waals surface area contributed by atoms with Crippen molar-refractivity contribution in [1.29, 1.82) is 0 Å². The zero-order valence-electron chi connectivity index (χ0n) is 16.6. The normalized spacial score (nSPS) is 17.8. The van der Waals surface area contributed by atoms with Gasteiger partial charge < -0.3 is 9.88 Å². The molecule has 0 spiro atoms. The number of aromatic nitrogens is 1. The summed E-state index contributed by atoms with van der Waals surface area (Å²) >= 11 is 0. The summed E-state index contributed by atoms with van der Waals surface area (Å²) in [6.07, 6.45) is 5.02. The zero-order chi connectivity index (χ0) is 18.6. The molecule has 1 atom stereocenters. The number of nitrogens with zero attached hydrogens (tertiary/aromatic N) is 2. The maximum atomic E-state index is 3.73. The molecule has 0 saturated carbocycles. The summed E-state index contributed by atoms with van der Waals surface area (Å²) in [5, 5.41) is 5.11. The van der Waals surface area contributed by atoms with Gasteiger partial charge in [-0.1, -0.05) is 49.4 Å². The number of likely N-dealkylation sites (N-methyl/N-ethyl adjacent to an activating group) is 1. The third kappa shape index (κ3) is 3.95. The third-order valence-electron chi connectivity index (χ3n) is 6.07. The van der Waals surface area contributed by atoms with E-state index in [1.165, 1.54) is 53.5 Å². The molecule has 142 valence electrons. The Kier molecular flexibility index (Phi) is 5.61. The minimum absolute atomic E-state index is 0.704. The largest absolute Gasteiger partial charge is 0.343 e. The highest BCUT2D eigenvalue weighted by molar-refractivity contribution is 5.84. The lowest BCUT2D eigenvalue weighted by atomic mass is 10.1. The molecule has 1 aliphatic rings. The first-order valence-corrected chi connectivity index (χ1v) is 10.3. The molecule has 27 heavy (non-hydrogen) atoms. The molecule has 4 rings (SSSR count). The van der Waals surface area contributed by atoms with Crippen molar-refractivity contribution in [2.45, 2.75) is 45.8 Å². The summed E-state index contributed by atoms with van der Waals surface area (Å²) < 4.78 is 2.41. The second-order valence-corrected chi connectivity index (χ2v) is 7.78. The van der Waals surface area contributed by atoms with Gasteiger partial charge in [0.25, 0.3) is 0 Å². The van der Waals surface area contributed by atoms with Crippen LogP contribution in [-0.4, -0.2) is 35.1 Å². The second-order valence-electron chi connectivity index (χ2n) is 7.78. The van der Waals surface area contributed by atoms with E-state index in [4.69, 9.17) is 0 Å². The Morgan fingerprint density at radius 3 is 2.70 bits per heavy atom.